The second-order valence-corrected chi connectivity index (χ2v) is 6.65. The Morgan fingerprint density at radius 2 is 1.79 bits per heavy atom. The zero-order valence-electron chi connectivity index (χ0n) is 14.5. The lowest BCUT2D eigenvalue weighted by Gasteiger charge is -2.30. The summed E-state index contributed by atoms with van der Waals surface area (Å²) in [6, 6.07) is 17.2. The summed E-state index contributed by atoms with van der Waals surface area (Å²) in [4.78, 5) is 2.11. The van der Waals surface area contributed by atoms with E-state index in [1.54, 1.807) is 0 Å². The van der Waals surface area contributed by atoms with Crippen molar-refractivity contribution in [2.45, 2.75) is 20.0 Å². The number of anilines is 2. The average Bonchev–Trinajstić information content (AvgIpc) is 2.96. The van der Waals surface area contributed by atoms with Crippen molar-refractivity contribution in [3.8, 4) is 11.3 Å². The van der Waals surface area contributed by atoms with E-state index in [1.807, 2.05) is 6.92 Å². The Balaban J connectivity index is 1.84. The van der Waals surface area contributed by atoms with Gasteiger partial charge < -0.3 is 10.2 Å². The molecule has 3 aromatic rings. The van der Waals surface area contributed by atoms with Crippen molar-refractivity contribution in [3.05, 3.63) is 65.4 Å². The molecule has 1 atom stereocenters. The Kier molecular flexibility index (Phi) is 3.34. The highest BCUT2D eigenvalue weighted by Crippen LogP contribution is 2.40. The highest BCUT2D eigenvalue weighted by molar-refractivity contribution is 5.81. The monoisotopic (exact) mass is 318 g/mol. The van der Waals surface area contributed by atoms with E-state index in [-0.39, 0.29) is 6.17 Å². The van der Waals surface area contributed by atoms with Crippen LogP contribution in [0.2, 0.25) is 0 Å². The smallest absolute Gasteiger partial charge is 0.147 e. The second kappa shape index (κ2) is 5.41. The third-order valence-electron chi connectivity index (χ3n) is 4.66. The van der Waals surface area contributed by atoms with Crippen molar-refractivity contribution < 1.29 is 0 Å². The molecule has 0 bridgehead atoms. The summed E-state index contributed by atoms with van der Waals surface area (Å²) < 4.78 is 2.10. The fourth-order valence-corrected chi connectivity index (χ4v) is 3.36. The maximum absolute atomic E-state index is 4.74. The van der Waals surface area contributed by atoms with Crippen molar-refractivity contribution in [2.75, 3.05) is 24.3 Å². The first-order valence-electron chi connectivity index (χ1n) is 8.24. The maximum Gasteiger partial charge on any atom is 0.147 e. The van der Waals surface area contributed by atoms with Gasteiger partial charge in [0.05, 0.1) is 11.4 Å². The number of fused-ring (bicyclic) bond motifs is 3. The van der Waals surface area contributed by atoms with Crippen LogP contribution in [0.25, 0.3) is 11.3 Å². The highest BCUT2D eigenvalue weighted by Gasteiger charge is 2.27. The number of aryl methyl sites for hydroxylation is 2. The first kappa shape index (κ1) is 14.8. The molecule has 0 saturated heterocycles. The SMILES string of the molecule is Cc1cc2n(n1)C(c1ccc(N(C)C)cc1)Nc1c(C)cccc1-2. The quantitative estimate of drug-likeness (QED) is 0.768. The minimum atomic E-state index is 0.0125. The number of nitrogens with one attached hydrogen (secondary N) is 1. The van der Waals surface area contributed by atoms with E-state index in [4.69, 9.17) is 5.10 Å². The zero-order chi connectivity index (χ0) is 16.8. The lowest BCUT2D eigenvalue weighted by molar-refractivity contribution is 0.570. The van der Waals surface area contributed by atoms with Gasteiger partial charge in [0.2, 0.25) is 0 Å². The van der Waals surface area contributed by atoms with Crippen LogP contribution in [0.3, 0.4) is 0 Å². The number of hydrogen-bond acceptors (Lipinski definition) is 3. The summed E-state index contributed by atoms with van der Waals surface area (Å²) in [5.41, 5.74) is 8.29. The normalized spacial score (nSPS) is 15.4. The zero-order valence-corrected chi connectivity index (χ0v) is 14.5. The Bertz CT molecular complexity index is 891. The molecular weight excluding hydrogens is 296 g/mol. The van der Waals surface area contributed by atoms with E-state index in [2.05, 4.69) is 84.4 Å². The number of rotatable bonds is 2. The lowest BCUT2D eigenvalue weighted by Crippen LogP contribution is -2.26. The molecule has 122 valence electrons. The fourth-order valence-electron chi connectivity index (χ4n) is 3.36. The topological polar surface area (TPSA) is 33.1 Å². The van der Waals surface area contributed by atoms with Gasteiger partial charge in [-0.05, 0) is 43.2 Å². The summed E-state index contributed by atoms with van der Waals surface area (Å²) in [7, 11) is 4.12. The molecule has 1 aliphatic heterocycles. The van der Waals surface area contributed by atoms with Crippen molar-refractivity contribution >= 4 is 11.4 Å². The molecule has 0 fully saturated rings. The Morgan fingerprint density at radius 1 is 1.04 bits per heavy atom. The van der Waals surface area contributed by atoms with Gasteiger partial charge in [0, 0.05) is 31.0 Å². The number of para-hydroxylation sites is 1. The van der Waals surface area contributed by atoms with Gasteiger partial charge in [-0.3, -0.25) is 0 Å². The summed E-state index contributed by atoms with van der Waals surface area (Å²) in [5, 5.41) is 8.43. The number of nitrogens with zero attached hydrogens (tertiary/aromatic N) is 3. The van der Waals surface area contributed by atoms with Crippen LogP contribution in [0.1, 0.15) is 23.0 Å². The fraction of sp³-hybridized carbons (Fsp3) is 0.250. The number of aromatic nitrogens is 2. The predicted octanol–water partition coefficient (Wildman–Crippen LogP) is 4.21. The number of benzene rings is 2. The van der Waals surface area contributed by atoms with Gasteiger partial charge in [0.25, 0.3) is 0 Å². The average molecular weight is 318 g/mol. The standard InChI is InChI=1S/C20H22N4/c1-13-6-5-7-17-18-12-14(2)22-24(18)20(21-19(13)17)15-8-10-16(11-9-15)23(3)4/h5-12,20-21H,1-4H3. The summed E-state index contributed by atoms with van der Waals surface area (Å²) in [6.07, 6.45) is 0.0125. The minimum Gasteiger partial charge on any atom is -0.378 e. The Labute approximate surface area is 142 Å². The third kappa shape index (κ3) is 2.26. The van der Waals surface area contributed by atoms with Crippen LogP contribution < -0.4 is 10.2 Å². The molecule has 2 aromatic carbocycles. The Morgan fingerprint density at radius 3 is 2.50 bits per heavy atom. The first-order valence-corrected chi connectivity index (χ1v) is 8.24. The molecule has 0 aliphatic carbocycles. The predicted molar refractivity (Wildman–Crippen MR) is 99.7 cm³/mol. The van der Waals surface area contributed by atoms with Crippen LogP contribution in [0, 0.1) is 13.8 Å². The van der Waals surface area contributed by atoms with Gasteiger partial charge in [-0.25, -0.2) is 4.68 Å². The summed E-state index contributed by atoms with van der Waals surface area (Å²) in [6.45, 7) is 4.20. The van der Waals surface area contributed by atoms with Crippen LogP contribution in [0.5, 0.6) is 0 Å². The number of hydrogen-bond donors (Lipinski definition) is 1. The van der Waals surface area contributed by atoms with E-state index in [0.29, 0.717) is 0 Å². The largest absolute Gasteiger partial charge is 0.378 e. The molecule has 0 radical (unpaired) electrons. The summed E-state index contributed by atoms with van der Waals surface area (Å²) >= 11 is 0. The van der Waals surface area contributed by atoms with E-state index in [0.717, 1.165) is 5.69 Å². The van der Waals surface area contributed by atoms with E-state index < -0.39 is 0 Å². The highest BCUT2D eigenvalue weighted by atomic mass is 15.4. The molecule has 24 heavy (non-hydrogen) atoms. The molecule has 4 heteroatoms. The third-order valence-corrected chi connectivity index (χ3v) is 4.66. The van der Waals surface area contributed by atoms with Crippen LogP contribution in [0.4, 0.5) is 11.4 Å². The molecule has 2 heterocycles. The molecule has 0 spiro atoms. The van der Waals surface area contributed by atoms with Gasteiger partial charge in [-0.15, -0.1) is 0 Å². The van der Waals surface area contributed by atoms with Crippen molar-refractivity contribution in [3.63, 3.8) is 0 Å². The van der Waals surface area contributed by atoms with Gasteiger partial charge >= 0.3 is 0 Å². The van der Waals surface area contributed by atoms with Crippen LogP contribution in [-0.4, -0.2) is 23.9 Å². The van der Waals surface area contributed by atoms with Crippen molar-refractivity contribution in [1.29, 1.82) is 0 Å². The van der Waals surface area contributed by atoms with Gasteiger partial charge in [0.15, 0.2) is 0 Å². The minimum absolute atomic E-state index is 0.0125. The van der Waals surface area contributed by atoms with Crippen LogP contribution in [-0.2, 0) is 0 Å². The molecule has 0 saturated carbocycles. The van der Waals surface area contributed by atoms with Crippen molar-refractivity contribution in [2.24, 2.45) is 0 Å². The van der Waals surface area contributed by atoms with Gasteiger partial charge in [0.1, 0.15) is 6.17 Å². The molecule has 0 amide bonds. The van der Waals surface area contributed by atoms with Gasteiger partial charge in [-0.1, -0.05) is 30.3 Å². The molecular formula is C20H22N4. The molecule has 1 unspecified atom stereocenters. The molecule has 1 aliphatic rings. The van der Waals surface area contributed by atoms with Gasteiger partial charge in [-0.2, -0.15) is 5.10 Å². The van der Waals surface area contributed by atoms with Crippen LogP contribution >= 0.6 is 0 Å². The molecule has 1 N–H and O–H groups in total. The van der Waals surface area contributed by atoms with E-state index >= 15 is 0 Å². The second-order valence-electron chi connectivity index (χ2n) is 6.65. The van der Waals surface area contributed by atoms with E-state index in [9.17, 15) is 0 Å². The van der Waals surface area contributed by atoms with E-state index in [1.165, 1.54) is 33.8 Å². The summed E-state index contributed by atoms with van der Waals surface area (Å²) in [5.74, 6) is 0. The Hall–Kier alpha value is -2.75. The maximum atomic E-state index is 4.74. The first-order chi connectivity index (χ1) is 11.5. The van der Waals surface area contributed by atoms with Crippen molar-refractivity contribution in [1.82, 2.24) is 9.78 Å². The molecule has 4 nitrogen and oxygen atoms in total. The molecule has 1 aromatic heterocycles. The van der Waals surface area contributed by atoms with Crippen LogP contribution in [0.15, 0.2) is 48.5 Å². The molecule has 4 rings (SSSR count). The lowest BCUT2D eigenvalue weighted by atomic mass is 10.0.